The van der Waals surface area contributed by atoms with E-state index in [1.165, 1.54) is 54.7 Å². The van der Waals surface area contributed by atoms with Crippen molar-refractivity contribution in [2.24, 2.45) is 0 Å². The number of furan rings is 1. The molecule has 0 fully saturated rings. The third-order valence-corrected chi connectivity index (χ3v) is 11.2. The Labute approximate surface area is 297 Å². The number of pyridine rings is 1. The fourth-order valence-electron chi connectivity index (χ4n) is 8.97. The molecule has 1 aliphatic rings. The van der Waals surface area contributed by atoms with Gasteiger partial charge in [0.05, 0.1) is 27.6 Å². The molecule has 0 unspecified atom stereocenters. The Hall–Kier alpha value is -6.85. The molecule has 5 heterocycles. The quantitative estimate of drug-likeness (QED) is 0.188. The monoisotopic (exact) mass is 666 g/mol. The summed E-state index contributed by atoms with van der Waals surface area (Å²) in [5, 5.41) is 8.31. The average Bonchev–Trinajstić information content (AvgIpc) is 3.94. The van der Waals surface area contributed by atoms with Gasteiger partial charge in [-0.2, -0.15) is 0 Å². The van der Waals surface area contributed by atoms with E-state index in [9.17, 15) is 0 Å². The minimum Gasteiger partial charge on any atom is -0.452 e. The highest BCUT2D eigenvalue weighted by Gasteiger charge is 2.22. The topological polar surface area (TPSA) is 40.8 Å². The molecular formula is C47H30N4O. The van der Waals surface area contributed by atoms with Crippen LogP contribution in [0.5, 0.6) is 0 Å². The zero-order chi connectivity index (χ0) is 33.9. The molecule has 0 aliphatic heterocycles. The molecule has 1 aliphatic carbocycles. The van der Waals surface area contributed by atoms with Gasteiger partial charge in [-0.3, -0.25) is 4.57 Å². The van der Waals surface area contributed by atoms with Crippen LogP contribution < -0.4 is 0 Å². The number of aryl methyl sites for hydroxylation is 1. The predicted molar refractivity (Wildman–Crippen MR) is 214 cm³/mol. The highest BCUT2D eigenvalue weighted by Crippen LogP contribution is 2.41. The van der Waals surface area contributed by atoms with Crippen LogP contribution in [0, 0.1) is 0 Å². The number of para-hydroxylation sites is 4. The normalized spacial score (nSPS) is 13.2. The Morgan fingerprint density at radius 3 is 1.81 bits per heavy atom. The Balaban J connectivity index is 1.08. The lowest BCUT2D eigenvalue weighted by Gasteiger charge is -2.13. The van der Waals surface area contributed by atoms with E-state index < -0.39 is 0 Å². The Morgan fingerprint density at radius 2 is 1.06 bits per heavy atom. The highest BCUT2D eigenvalue weighted by atomic mass is 16.3. The van der Waals surface area contributed by atoms with Gasteiger partial charge in [-0.25, -0.2) is 4.98 Å². The van der Waals surface area contributed by atoms with E-state index in [1.54, 1.807) is 0 Å². The van der Waals surface area contributed by atoms with E-state index >= 15 is 0 Å². The molecule has 6 aromatic carbocycles. The van der Waals surface area contributed by atoms with E-state index in [4.69, 9.17) is 9.40 Å². The summed E-state index contributed by atoms with van der Waals surface area (Å²) in [6.07, 6.45) is 8.65. The van der Waals surface area contributed by atoms with E-state index in [-0.39, 0.29) is 0 Å². The zero-order valence-electron chi connectivity index (χ0n) is 28.1. The Morgan fingerprint density at radius 1 is 0.481 bits per heavy atom. The molecule has 0 atom stereocenters. The minimum atomic E-state index is 0.777. The first-order chi connectivity index (χ1) is 25.8. The fourth-order valence-corrected chi connectivity index (χ4v) is 8.97. The number of aromatic nitrogens is 4. The van der Waals surface area contributed by atoms with Crippen LogP contribution in [-0.4, -0.2) is 18.7 Å². The average molecular weight is 667 g/mol. The van der Waals surface area contributed by atoms with Gasteiger partial charge in [0.1, 0.15) is 5.58 Å². The van der Waals surface area contributed by atoms with Crippen molar-refractivity contribution in [3.05, 3.63) is 163 Å². The maximum Gasteiger partial charge on any atom is 0.181 e. The van der Waals surface area contributed by atoms with E-state index in [0.29, 0.717) is 0 Å². The van der Waals surface area contributed by atoms with Gasteiger partial charge < -0.3 is 13.6 Å². The lowest BCUT2D eigenvalue weighted by Crippen LogP contribution is -2.01. The summed E-state index contributed by atoms with van der Waals surface area (Å²) in [4.78, 5) is 5.02. The summed E-state index contributed by atoms with van der Waals surface area (Å²) in [5.74, 6) is 0.790. The SMILES string of the molecule is C1=Cc2c(c3ccccc3n2-c2ccc3c(c2)c2ccccc2n3-c2nccc3c2oc2ccc(-n4c5ccccc5c5ccccc54)cc23)CC1. The van der Waals surface area contributed by atoms with Gasteiger partial charge in [0.15, 0.2) is 11.4 Å². The van der Waals surface area contributed by atoms with Crippen molar-refractivity contribution in [2.75, 3.05) is 0 Å². The first-order valence-corrected chi connectivity index (χ1v) is 17.9. The molecule has 244 valence electrons. The van der Waals surface area contributed by atoms with Gasteiger partial charge in [0, 0.05) is 61.0 Å². The molecule has 11 aromatic rings. The number of fused-ring (bicyclic) bond motifs is 12. The number of allylic oxidation sites excluding steroid dienone is 1. The smallest absolute Gasteiger partial charge is 0.181 e. The van der Waals surface area contributed by atoms with Gasteiger partial charge in [0.2, 0.25) is 0 Å². The van der Waals surface area contributed by atoms with Crippen LogP contribution in [0.4, 0.5) is 0 Å². The maximum atomic E-state index is 6.74. The van der Waals surface area contributed by atoms with Crippen molar-refractivity contribution in [1.29, 1.82) is 0 Å². The van der Waals surface area contributed by atoms with Crippen molar-refractivity contribution in [3.8, 4) is 17.2 Å². The van der Waals surface area contributed by atoms with E-state index in [2.05, 4.69) is 165 Å². The Bertz CT molecular complexity index is 3260. The summed E-state index contributed by atoms with van der Waals surface area (Å²) in [6.45, 7) is 0. The largest absolute Gasteiger partial charge is 0.452 e. The molecule has 0 bridgehead atoms. The van der Waals surface area contributed by atoms with Crippen LogP contribution in [0.2, 0.25) is 0 Å². The van der Waals surface area contributed by atoms with E-state index in [1.807, 2.05) is 6.20 Å². The zero-order valence-corrected chi connectivity index (χ0v) is 28.1. The Kier molecular flexibility index (Phi) is 5.55. The number of rotatable bonds is 3. The van der Waals surface area contributed by atoms with Gasteiger partial charge >= 0.3 is 0 Å². The van der Waals surface area contributed by atoms with Gasteiger partial charge in [-0.15, -0.1) is 0 Å². The second-order valence-electron chi connectivity index (χ2n) is 13.9. The number of benzene rings is 6. The molecule has 5 aromatic heterocycles. The minimum absolute atomic E-state index is 0.777. The molecule has 12 rings (SSSR count). The van der Waals surface area contributed by atoms with Gasteiger partial charge in [-0.1, -0.05) is 78.9 Å². The van der Waals surface area contributed by atoms with E-state index in [0.717, 1.165) is 63.0 Å². The summed E-state index contributed by atoms with van der Waals surface area (Å²) in [7, 11) is 0. The standard InChI is InChI=1S/C47H30N4O/c1-6-16-39-31(11-1)32-12-2-7-17-40(32)49(39)29-21-23-44-37(27-29)35-15-5-10-20-43(35)51(44)47-46-36(25-26-48-47)38-28-30(22-24-45(38)52-46)50-41-18-8-3-13-33(41)34-14-4-9-19-42(34)50/h1,3-11,13-28H,2,12H2. The molecule has 5 heteroatoms. The van der Waals surface area contributed by atoms with Crippen molar-refractivity contribution >= 4 is 82.5 Å². The molecule has 0 spiro atoms. The summed E-state index contributed by atoms with van der Waals surface area (Å²) in [6, 6.07) is 50.2. The van der Waals surface area contributed by atoms with Crippen molar-refractivity contribution < 1.29 is 4.42 Å². The predicted octanol–water partition coefficient (Wildman–Crippen LogP) is 12.1. The number of hydrogen-bond acceptors (Lipinski definition) is 2. The summed E-state index contributed by atoms with van der Waals surface area (Å²) in [5.41, 5.74) is 12.4. The molecule has 5 nitrogen and oxygen atoms in total. The maximum absolute atomic E-state index is 6.74. The molecule has 0 amide bonds. The molecule has 0 saturated carbocycles. The van der Waals surface area contributed by atoms with Crippen molar-refractivity contribution in [3.63, 3.8) is 0 Å². The number of nitrogens with zero attached hydrogens (tertiary/aromatic N) is 4. The van der Waals surface area contributed by atoms with Crippen LogP contribution in [0.3, 0.4) is 0 Å². The van der Waals surface area contributed by atoms with Crippen LogP contribution in [0.15, 0.2) is 156 Å². The highest BCUT2D eigenvalue weighted by molar-refractivity contribution is 6.14. The molecular weight excluding hydrogens is 637 g/mol. The van der Waals surface area contributed by atoms with Gasteiger partial charge in [0.25, 0.3) is 0 Å². The fraction of sp³-hybridized carbons (Fsp3) is 0.0426. The van der Waals surface area contributed by atoms with Gasteiger partial charge in [-0.05, 0) is 91.2 Å². The second kappa shape index (κ2) is 10.3. The van der Waals surface area contributed by atoms with Crippen molar-refractivity contribution in [2.45, 2.75) is 12.8 Å². The first kappa shape index (κ1) is 27.9. The van der Waals surface area contributed by atoms with Crippen molar-refractivity contribution in [1.82, 2.24) is 18.7 Å². The third-order valence-electron chi connectivity index (χ3n) is 11.2. The van der Waals surface area contributed by atoms with Crippen LogP contribution >= 0.6 is 0 Å². The van der Waals surface area contributed by atoms with Crippen LogP contribution in [0.25, 0.3) is 99.7 Å². The molecule has 0 radical (unpaired) electrons. The van der Waals surface area contributed by atoms with Crippen LogP contribution in [-0.2, 0) is 6.42 Å². The molecule has 0 N–H and O–H groups in total. The molecule has 0 saturated heterocycles. The molecule has 52 heavy (non-hydrogen) atoms. The number of hydrogen-bond donors (Lipinski definition) is 0. The lowest BCUT2D eigenvalue weighted by atomic mass is 10.0. The lowest BCUT2D eigenvalue weighted by molar-refractivity contribution is 0.663. The first-order valence-electron chi connectivity index (χ1n) is 17.9. The second-order valence-corrected chi connectivity index (χ2v) is 13.9. The third kappa shape index (κ3) is 3.69. The summed E-state index contributed by atoms with van der Waals surface area (Å²) >= 11 is 0. The summed E-state index contributed by atoms with van der Waals surface area (Å²) < 4.78 is 13.8. The van der Waals surface area contributed by atoms with Crippen LogP contribution in [0.1, 0.15) is 17.7 Å².